The van der Waals surface area contributed by atoms with Gasteiger partial charge in [-0.3, -0.25) is 4.79 Å². The van der Waals surface area contributed by atoms with Gasteiger partial charge in [0.1, 0.15) is 11.6 Å². The zero-order valence-electron chi connectivity index (χ0n) is 21.8. The van der Waals surface area contributed by atoms with Gasteiger partial charge in [-0.1, -0.05) is 18.2 Å². The first-order chi connectivity index (χ1) is 19.6. The summed E-state index contributed by atoms with van der Waals surface area (Å²) in [5, 5.41) is 11.9. The second-order valence-electron chi connectivity index (χ2n) is 9.31. The molecule has 0 spiro atoms. The average Bonchev–Trinajstić information content (AvgIpc) is 3.41. The van der Waals surface area contributed by atoms with Crippen LogP contribution in [0.25, 0.3) is 22.6 Å². The van der Waals surface area contributed by atoms with Gasteiger partial charge in [-0.15, -0.1) is 0 Å². The first-order valence-corrected chi connectivity index (χ1v) is 13.1. The molecule has 1 fully saturated rings. The summed E-state index contributed by atoms with van der Waals surface area (Å²) in [4.78, 5) is 29.0. The van der Waals surface area contributed by atoms with Crippen molar-refractivity contribution in [3.63, 3.8) is 0 Å². The molecule has 0 unspecified atom stereocenters. The summed E-state index contributed by atoms with van der Waals surface area (Å²) in [7, 11) is 0. The van der Waals surface area contributed by atoms with Gasteiger partial charge in [-0.05, 0) is 42.5 Å². The number of aliphatic hydroxyl groups excluding tert-OH is 1. The SMILES string of the molecule is O=C(NCC1COC(Cc2nc(-c3ccc(F)cc3)c(-c3ccnc(OCCCO)n3)[nH]2)OC1)c1ccccc1. The van der Waals surface area contributed by atoms with Gasteiger partial charge in [0.15, 0.2) is 6.29 Å². The molecular formula is C29H30FN5O5. The topological polar surface area (TPSA) is 131 Å². The predicted octanol–water partition coefficient (Wildman–Crippen LogP) is 3.40. The Bertz CT molecular complexity index is 1390. The van der Waals surface area contributed by atoms with Crippen molar-refractivity contribution in [2.75, 3.05) is 33.0 Å². The number of rotatable bonds is 11. The molecular weight excluding hydrogens is 517 g/mol. The Morgan fingerprint density at radius 3 is 2.60 bits per heavy atom. The standard InChI is InChI=1S/C29H30FN5O5/c30-22-9-7-20(8-10-22)26-27(23-11-12-31-29(33-23)38-14-4-13-36)35-24(34-26)15-25-39-17-19(18-40-25)16-32-28(37)21-5-2-1-3-6-21/h1-3,5-12,19,25,36H,4,13-18H2,(H,32,37)(H,34,35). The first kappa shape index (κ1) is 27.4. The molecule has 5 rings (SSSR count). The number of hydrogen-bond donors (Lipinski definition) is 3. The summed E-state index contributed by atoms with van der Waals surface area (Å²) >= 11 is 0. The fourth-order valence-electron chi connectivity index (χ4n) is 4.20. The summed E-state index contributed by atoms with van der Waals surface area (Å²) in [6.45, 7) is 1.59. The van der Waals surface area contributed by atoms with Crippen LogP contribution in [0.4, 0.5) is 4.39 Å². The largest absolute Gasteiger partial charge is 0.463 e. The van der Waals surface area contributed by atoms with E-state index < -0.39 is 6.29 Å². The number of halogens is 1. The second kappa shape index (κ2) is 13.2. The van der Waals surface area contributed by atoms with Gasteiger partial charge < -0.3 is 29.6 Å². The van der Waals surface area contributed by atoms with E-state index >= 15 is 0 Å². The molecule has 0 radical (unpaired) electrons. The van der Waals surface area contributed by atoms with Crippen molar-refractivity contribution < 1.29 is 28.5 Å². The molecule has 0 atom stereocenters. The Kier molecular flexibility index (Phi) is 9.07. The Labute approximate surface area is 230 Å². The van der Waals surface area contributed by atoms with E-state index in [-0.39, 0.29) is 36.9 Å². The van der Waals surface area contributed by atoms with Gasteiger partial charge >= 0.3 is 6.01 Å². The lowest BCUT2D eigenvalue weighted by atomic mass is 10.1. The van der Waals surface area contributed by atoms with Crippen molar-refractivity contribution >= 4 is 5.91 Å². The van der Waals surface area contributed by atoms with Crippen LogP contribution in [-0.4, -0.2) is 70.2 Å². The average molecular weight is 548 g/mol. The number of amides is 1. The number of benzene rings is 2. The van der Waals surface area contributed by atoms with Crippen molar-refractivity contribution in [1.82, 2.24) is 25.3 Å². The maximum absolute atomic E-state index is 13.6. The Morgan fingerprint density at radius 1 is 1.07 bits per heavy atom. The molecule has 3 heterocycles. The van der Waals surface area contributed by atoms with Gasteiger partial charge in [-0.2, -0.15) is 4.98 Å². The minimum absolute atomic E-state index is 0.00664. The lowest BCUT2D eigenvalue weighted by Gasteiger charge is -2.29. The molecule has 2 aromatic heterocycles. The third kappa shape index (κ3) is 7.06. The molecule has 1 amide bonds. The van der Waals surface area contributed by atoms with Gasteiger partial charge in [0.2, 0.25) is 0 Å². The lowest BCUT2D eigenvalue weighted by Crippen LogP contribution is -2.40. The number of ether oxygens (including phenoxy) is 3. The fraction of sp³-hybridized carbons (Fsp3) is 0.310. The number of aromatic amines is 1. The molecule has 2 aromatic carbocycles. The van der Waals surface area contributed by atoms with Crippen LogP contribution in [0.3, 0.4) is 0 Å². The van der Waals surface area contributed by atoms with Crippen LogP contribution in [0.1, 0.15) is 22.6 Å². The maximum Gasteiger partial charge on any atom is 0.316 e. The van der Waals surface area contributed by atoms with Crippen LogP contribution in [0.2, 0.25) is 0 Å². The van der Waals surface area contributed by atoms with E-state index in [1.807, 2.05) is 18.2 Å². The first-order valence-electron chi connectivity index (χ1n) is 13.1. The van der Waals surface area contributed by atoms with E-state index in [9.17, 15) is 9.18 Å². The normalized spacial score (nSPS) is 16.9. The highest BCUT2D eigenvalue weighted by Crippen LogP contribution is 2.30. The van der Waals surface area contributed by atoms with Gasteiger partial charge in [0.25, 0.3) is 5.91 Å². The Balaban J connectivity index is 1.25. The number of nitrogens with one attached hydrogen (secondary N) is 2. The summed E-state index contributed by atoms with van der Waals surface area (Å²) < 4.78 is 31.0. The number of aromatic nitrogens is 4. The third-order valence-electron chi connectivity index (χ3n) is 6.28. The molecule has 10 nitrogen and oxygen atoms in total. The summed E-state index contributed by atoms with van der Waals surface area (Å²) in [5.74, 6) is 0.152. The van der Waals surface area contributed by atoms with Crippen molar-refractivity contribution in [3.05, 3.63) is 84.1 Å². The van der Waals surface area contributed by atoms with Crippen LogP contribution >= 0.6 is 0 Å². The molecule has 1 saturated heterocycles. The highest BCUT2D eigenvalue weighted by atomic mass is 19.1. The van der Waals surface area contributed by atoms with E-state index in [1.165, 1.54) is 12.1 Å². The summed E-state index contributed by atoms with van der Waals surface area (Å²) in [6, 6.07) is 17.0. The van der Waals surface area contributed by atoms with E-state index in [2.05, 4.69) is 20.3 Å². The molecule has 1 aliphatic rings. The minimum atomic E-state index is -0.524. The molecule has 11 heteroatoms. The predicted molar refractivity (Wildman–Crippen MR) is 144 cm³/mol. The molecule has 40 heavy (non-hydrogen) atoms. The Hall–Kier alpha value is -4.19. The van der Waals surface area contributed by atoms with Crippen molar-refractivity contribution in [2.24, 2.45) is 5.92 Å². The van der Waals surface area contributed by atoms with Gasteiger partial charge in [0.05, 0.1) is 43.3 Å². The quantitative estimate of drug-likeness (QED) is 0.244. The highest BCUT2D eigenvalue weighted by Gasteiger charge is 2.25. The maximum atomic E-state index is 13.6. The number of H-pyrrole nitrogens is 1. The Morgan fingerprint density at radius 2 is 1.85 bits per heavy atom. The molecule has 208 valence electrons. The minimum Gasteiger partial charge on any atom is -0.463 e. The number of aliphatic hydroxyl groups is 1. The van der Waals surface area contributed by atoms with Crippen LogP contribution in [0.15, 0.2) is 66.9 Å². The fourth-order valence-corrected chi connectivity index (χ4v) is 4.20. The molecule has 4 aromatic rings. The molecule has 0 bridgehead atoms. The number of imidazole rings is 1. The van der Waals surface area contributed by atoms with Crippen molar-refractivity contribution in [1.29, 1.82) is 0 Å². The molecule has 1 aliphatic heterocycles. The lowest BCUT2D eigenvalue weighted by molar-refractivity contribution is -0.198. The third-order valence-corrected chi connectivity index (χ3v) is 6.28. The number of hydrogen-bond acceptors (Lipinski definition) is 8. The number of carbonyl (C=O) groups is 1. The van der Waals surface area contributed by atoms with Crippen LogP contribution < -0.4 is 10.1 Å². The zero-order valence-corrected chi connectivity index (χ0v) is 21.8. The number of carbonyl (C=O) groups excluding carboxylic acids is 1. The summed E-state index contributed by atoms with van der Waals surface area (Å²) in [5.41, 5.74) is 3.07. The molecule has 3 N–H and O–H groups in total. The van der Waals surface area contributed by atoms with Crippen molar-refractivity contribution in [2.45, 2.75) is 19.1 Å². The van der Waals surface area contributed by atoms with Gasteiger partial charge in [-0.25, -0.2) is 14.4 Å². The van der Waals surface area contributed by atoms with Gasteiger partial charge in [0, 0.05) is 42.8 Å². The van der Waals surface area contributed by atoms with E-state index in [4.69, 9.17) is 24.3 Å². The smallest absolute Gasteiger partial charge is 0.316 e. The second-order valence-corrected chi connectivity index (χ2v) is 9.31. The number of nitrogens with zero attached hydrogens (tertiary/aromatic N) is 3. The van der Waals surface area contributed by atoms with Crippen LogP contribution in [0, 0.1) is 11.7 Å². The molecule has 0 aliphatic carbocycles. The van der Waals surface area contributed by atoms with Crippen molar-refractivity contribution in [3.8, 4) is 28.7 Å². The van der Waals surface area contributed by atoms with E-state index in [0.717, 1.165) is 0 Å². The van der Waals surface area contributed by atoms with Crippen LogP contribution in [-0.2, 0) is 15.9 Å². The zero-order chi connectivity index (χ0) is 27.7. The van der Waals surface area contributed by atoms with Crippen LogP contribution in [0.5, 0.6) is 6.01 Å². The highest BCUT2D eigenvalue weighted by molar-refractivity contribution is 5.94. The van der Waals surface area contributed by atoms with E-state index in [1.54, 1.807) is 36.5 Å². The van der Waals surface area contributed by atoms with E-state index in [0.29, 0.717) is 66.6 Å². The summed E-state index contributed by atoms with van der Waals surface area (Å²) in [6.07, 6.45) is 1.87. The molecule has 0 saturated carbocycles. The monoisotopic (exact) mass is 547 g/mol.